The molecule has 2 heterocycles. The van der Waals surface area contributed by atoms with E-state index in [-0.39, 0.29) is 22.7 Å². The fourth-order valence-electron chi connectivity index (χ4n) is 3.68. The number of nitrogens with one attached hydrogen (secondary N) is 2. The van der Waals surface area contributed by atoms with Gasteiger partial charge >= 0.3 is 12.0 Å². The van der Waals surface area contributed by atoms with E-state index in [0.717, 1.165) is 22.7 Å². The molecule has 160 valence electrons. The molecule has 1 aliphatic heterocycles. The zero-order valence-electron chi connectivity index (χ0n) is 17.0. The molecule has 4 rings (SSSR count). The van der Waals surface area contributed by atoms with E-state index < -0.39 is 5.97 Å². The number of hydrogen-bond acceptors (Lipinski definition) is 5. The SMILES string of the molecule is COC(=O)c1cc(NC(=O)N2CCc3[nH]cnc3[C@H]2c2ccc(OC)cc2)ccc1Cl. The number of esters is 1. The number of imidazole rings is 1. The van der Waals surface area contributed by atoms with Crippen molar-refractivity contribution in [2.24, 2.45) is 0 Å². The van der Waals surface area contributed by atoms with Gasteiger partial charge < -0.3 is 24.7 Å². The van der Waals surface area contributed by atoms with Crippen LogP contribution in [0.3, 0.4) is 0 Å². The normalized spacial score (nSPS) is 15.2. The number of urea groups is 1. The van der Waals surface area contributed by atoms with Crippen LogP contribution >= 0.6 is 11.6 Å². The summed E-state index contributed by atoms with van der Waals surface area (Å²) in [6.45, 7) is 0.495. The van der Waals surface area contributed by atoms with Crippen LogP contribution in [0.1, 0.15) is 33.4 Å². The number of rotatable bonds is 4. The third kappa shape index (κ3) is 4.06. The van der Waals surface area contributed by atoms with Crippen molar-refractivity contribution in [3.05, 3.63) is 76.3 Å². The predicted octanol–water partition coefficient (Wildman–Crippen LogP) is 4.04. The van der Waals surface area contributed by atoms with Gasteiger partial charge in [-0.25, -0.2) is 14.6 Å². The number of anilines is 1. The average Bonchev–Trinajstić information content (AvgIpc) is 3.28. The lowest BCUT2D eigenvalue weighted by Gasteiger charge is -2.35. The summed E-state index contributed by atoms with van der Waals surface area (Å²) in [7, 11) is 2.88. The van der Waals surface area contributed by atoms with Gasteiger partial charge in [-0.2, -0.15) is 0 Å². The van der Waals surface area contributed by atoms with E-state index in [4.69, 9.17) is 21.1 Å². The molecule has 0 radical (unpaired) electrons. The van der Waals surface area contributed by atoms with Crippen LogP contribution in [0, 0.1) is 0 Å². The van der Waals surface area contributed by atoms with Crippen LogP contribution in [-0.2, 0) is 11.2 Å². The van der Waals surface area contributed by atoms with Gasteiger partial charge in [-0.05, 0) is 35.9 Å². The summed E-state index contributed by atoms with van der Waals surface area (Å²) in [5, 5.41) is 3.11. The smallest absolute Gasteiger partial charge is 0.339 e. The first-order valence-electron chi connectivity index (χ1n) is 9.63. The predicted molar refractivity (Wildman–Crippen MR) is 116 cm³/mol. The fourth-order valence-corrected chi connectivity index (χ4v) is 3.88. The molecular weight excluding hydrogens is 420 g/mol. The van der Waals surface area contributed by atoms with Gasteiger partial charge in [0.25, 0.3) is 0 Å². The van der Waals surface area contributed by atoms with Crippen LogP contribution in [0.25, 0.3) is 0 Å². The maximum absolute atomic E-state index is 13.2. The van der Waals surface area contributed by atoms with E-state index in [2.05, 4.69) is 15.3 Å². The molecule has 1 aliphatic rings. The van der Waals surface area contributed by atoms with Gasteiger partial charge in [0.2, 0.25) is 0 Å². The van der Waals surface area contributed by atoms with E-state index >= 15 is 0 Å². The minimum Gasteiger partial charge on any atom is -0.497 e. The van der Waals surface area contributed by atoms with Gasteiger partial charge in [0.15, 0.2) is 0 Å². The number of aromatic amines is 1. The summed E-state index contributed by atoms with van der Waals surface area (Å²) in [6, 6.07) is 11.6. The number of fused-ring (bicyclic) bond motifs is 1. The van der Waals surface area contributed by atoms with E-state index in [1.165, 1.54) is 13.2 Å². The Hall–Kier alpha value is -3.52. The Labute approximate surface area is 184 Å². The first kappa shape index (κ1) is 20.7. The molecule has 2 aromatic carbocycles. The van der Waals surface area contributed by atoms with E-state index in [9.17, 15) is 9.59 Å². The molecule has 0 spiro atoms. The van der Waals surface area contributed by atoms with E-state index in [0.29, 0.717) is 18.7 Å². The van der Waals surface area contributed by atoms with Crippen molar-refractivity contribution >= 4 is 29.3 Å². The van der Waals surface area contributed by atoms with Crippen molar-refractivity contribution in [2.45, 2.75) is 12.5 Å². The van der Waals surface area contributed by atoms with Crippen LogP contribution in [0.15, 0.2) is 48.8 Å². The number of H-pyrrole nitrogens is 1. The minimum atomic E-state index is -0.573. The Kier molecular flexibility index (Phi) is 5.81. The highest BCUT2D eigenvalue weighted by Gasteiger charge is 2.34. The molecule has 2 N–H and O–H groups in total. The lowest BCUT2D eigenvalue weighted by molar-refractivity contribution is 0.0601. The summed E-state index contributed by atoms with van der Waals surface area (Å²) in [5.74, 6) is 0.158. The number of amides is 2. The van der Waals surface area contributed by atoms with Crippen LogP contribution in [0.4, 0.5) is 10.5 Å². The zero-order chi connectivity index (χ0) is 22.0. The number of methoxy groups -OCH3 is 2. The minimum absolute atomic E-state index is 0.182. The highest BCUT2D eigenvalue weighted by molar-refractivity contribution is 6.33. The molecule has 0 bridgehead atoms. The summed E-state index contributed by atoms with van der Waals surface area (Å²) in [4.78, 5) is 34.5. The summed E-state index contributed by atoms with van der Waals surface area (Å²) < 4.78 is 10.00. The molecule has 0 fully saturated rings. The fraction of sp³-hybridized carbons (Fsp3) is 0.227. The number of carbonyl (C=O) groups excluding carboxylic acids is 2. The molecule has 31 heavy (non-hydrogen) atoms. The third-order valence-corrected chi connectivity index (χ3v) is 5.57. The van der Waals surface area contributed by atoms with Gasteiger partial charge in [-0.3, -0.25) is 0 Å². The highest BCUT2D eigenvalue weighted by Crippen LogP contribution is 2.34. The number of aromatic nitrogens is 2. The van der Waals surface area contributed by atoms with Gasteiger partial charge in [-0.15, -0.1) is 0 Å². The van der Waals surface area contributed by atoms with Crippen molar-refractivity contribution < 1.29 is 19.1 Å². The van der Waals surface area contributed by atoms with Gasteiger partial charge in [0.05, 0.1) is 36.8 Å². The number of benzene rings is 2. The Balaban J connectivity index is 1.64. The Morgan fingerprint density at radius 1 is 1.19 bits per heavy atom. The van der Waals surface area contributed by atoms with Gasteiger partial charge in [0, 0.05) is 24.3 Å². The second-order valence-corrected chi connectivity index (χ2v) is 7.41. The van der Waals surface area contributed by atoms with Gasteiger partial charge in [-0.1, -0.05) is 23.7 Å². The summed E-state index contributed by atoms with van der Waals surface area (Å²) >= 11 is 6.08. The van der Waals surface area contributed by atoms with Gasteiger partial charge in [0.1, 0.15) is 11.8 Å². The number of carbonyl (C=O) groups is 2. The first-order valence-corrected chi connectivity index (χ1v) is 10.0. The Morgan fingerprint density at radius 2 is 1.97 bits per heavy atom. The number of ether oxygens (including phenoxy) is 2. The molecule has 8 nitrogen and oxygen atoms in total. The number of halogens is 1. The molecule has 0 aliphatic carbocycles. The van der Waals surface area contributed by atoms with E-state index in [1.807, 2.05) is 24.3 Å². The second kappa shape index (κ2) is 8.69. The average molecular weight is 441 g/mol. The Morgan fingerprint density at radius 3 is 2.68 bits per heavy atom. The quantitative estimate of drug-likeness (QED) is 0.597. The molecule has 2 amide bonds. The molecule has 0 saturated heterocycles. The maximum atomic E-state index is 13.2. The number of nitrogens with zero attached hydrogens (tertiary/aromatic N) is 2. The highest BCUT2D eigenvalue weighted by atomic mass is 35.5. The lowest BCUT2D eigenvalue weighted by Crippen LogP contribution is -2.43. The molecular formula is C22H21ClN4O4. The maximum Gasteiger partial charge on any atom is 0.339 e. The molecule has 9 heteroatoms. The summed E-state index contributed by atoms with van der Waals surface area (Å²) in [5.41, 5.74) is 3.34. The van der Waals surface area contributed by atoms with E-state index in [1.54, 1.807) is 30.5 Å². The van der Waals surface area contributed by atoms with Crippen LogP contribution in [-0.4, -0.2) is 47.6 Å². The first-order chi connectivity index (χ1) is 15.0. The molecule has 0 unspecified atom stereocenters. The summed E-state index contributed by atoms with van der Waals surface area (Å²) in [6.07, 6.45) is 2.30. The van der Waals surface area contributed by atoms with Crippen LogP contribution in [0.2, 0.25) is 5.02 Å². The topological polar surface area (TPSA) is 96.6 Å². The molecule has 1 aromatic heterocycles. The lowest BCUT2D eigenvalue weighted by atomic mass is 9.96. The second-order valence-electron chi connectivity index (χ2n) is 7.00. The van der Waals surface area contributed by atoms with Crippen molar-refractivity contribution in [3.8, 4) is 5.75 Å². The third-order valence-electron chi connectivity index (χ3n) is 5.24. The van der Waals surface area contributed by atoms with Crippen molar-refractivity contribution in [3.63, 3.8) is 0 Å². The molecule has 0 saturated carbocycles. The molecule has 1 atom stereocenters. The largest absolute Gasteiger partial charge is 0.497 e. The van der Waals surface area contributed by atoms with Crippen LogP contribution < -0.4 is 10.1 Å². The Bertz CT molecular complexity index is 1110. The molecule has 3 aromatic rings. The van der Waals surface area contributed by atoms with Crippen molar-refractivity contribution in [1.82, 2.24) is 14.9 Å². The monoisotopic (exact) mass is 440 g/mol. The van der Waals surface area contributed by atoms with Crippen molar-refractivity contribution in [2.75, 3.05) is 26.1 Å². The van der Waals surface area contributed by atoms with Crippen LogP contribution in [0.5, 0.6) is 5.75 Å². The zero-order valence-corrected chi connectivity index (χ0v) is 17.8. The standard InChI is InChI=1S/C22H21ClN4O4/c1-30-15-6-3-13(4-7-15)20-19-18(24-12-25-19)9-10-27(20)22(29)26-14-5-8-17(23)16(11-14)21(28)31-2/h3-8,11-12,20H,9-10H2,1-2H3,(H,24,25)(H,26,29)/t20-/m1/s1. The van der Waals surface area contributed by atoms with Crippen molar-refractivity contribution in [1.29, 1.82) is 0 Å². The number of hydrogen-bond donors (Lipinski definition) is 2.